The smallest absolute Gasteiger partial charge is 0.229 e. The number of nitrogens with one attached hydrogen (secondary N) is 1. The predicted octanol–water partition coefficient (Wildman–Crippen LogP) is 2.55. The number of hydrogen-bond acceptors (Lipinski definition) is 5. The van der Waals surface area contributed by atoms with Crippen molar-refractivity contribution in [3.8, 4) is 5.69 Å². The summed E-state index contributed by atoms with van der Waals surface area (Å²) in [5, 5.41) is 14.3. The molecule has 116 valence electrons. The monoisotopic (exact) mass is 348 g/mol. The average molecular weight is 349 g/mol. The molecule has 2 aromatic heterocycles. The summed E-state index contributed by atoms with van der Waals surface area (Å²) in [5.41, 5.74) is 1.66. The number of hydrogen-bond donors (Lipinski definition) is 1. The molecule has 0 aliphatic carbocycles. The minimum absolute atomic E-state index is 0.203. The Morgan fingerprint density at radius 3 is 2.61 bits per heavy atom. The zero-order chi connectivity index (χ0) is 16.2. The number of anilines is 1. The molecular weight excluding hydrogens is 339 g/mol. The third-order valence-corrected chi connectivity index (χ3v) is 3.70. The van der Waals surface area contributed by atoms with Crippen LogP contribution in [-0.4, -0.2) is 31.1 Å². The Labute approximate surface area is 141 Å². The van der Waals surface area contributed by atoms with Gasteiger partial charge < -0.3 is 5.32 Å². The lowest BCUT2D eigenvalue weighted by Gasteiger charge is -2.06. The van der Waals surface area contributed by atoms with Crippen molar-refractivity contribution >= 4 is 34.9 Å². The van der Waals surface area contributed by atoms with Gasteiger partial charge in [0.05, 0.1) is 22.2 Å². The third kappa shape index (κ3) is 3.82. The van der Waals surface area contributed by atoms with Crippen molar-refractivity contribution in [2.24, 2.45) is 0 Å². The molecule has 0 radical (unpaired) electrons. The Morgan fingerprint density at radius 1 is 1.17 bits per heavy atom. The summed E-state index contributed by atoms with van der Waals surface area (Å²) in [6, 6.07) is 8.83. The van der Waals surface area contributed by atoms with Gasteiger partial charge in [0.2, 0.25) is 5.91 Å². The van der Waals surface area contributed by atoms with E-state index in [4.69, 9.17) is 23.2 Å². The van der Waals surface area contributed by atoms with Crippen LogP contribution >= 0.6 is 23.2 Å². The molecule has 23 heavy (non-hydrogen) atoms. The van der Waals surface area contributed by atoms with Gasteiger partial charge in [-0.1, -0.05) is 35.3 Å². The molecule has 3 rings (SSSR count). The topological polar surface area (TPSA) is 85.6 Å². The fourth-order valence-corrected chi connectivity index (χ4v) is 2.16. The average Bonchev–Trinajstić information content (AvgIpc) is 3.06. The van der Waals surface area contributed by atoms with Crippen molar-refractivity contribution in [1.29, 1.82) is 0 Å². The molecule has 0 aliphatic rings. The standard InChI is InChI=1S/C14H10Cl2N6O/c15-11-6-13(17-7-12(11)16)19-14(23)5-9-1-3-10(4-2-9)22-8-18-20-21-22/h1-4,6-8H,5H2,(H,17,19,23). The number of benzene rings is 1. The Balaban J connectivity index is 1.64. The van der Waals surface area contributed by atoms with Crippen LogP contribution in [0.5, 0.6) is 0 Å². The lowest BCUT2D eigenvalue weighted by Crippen LogP contribution is -2.15. The highest BCUT2D eigenvalue weighted by atomic mass is 35.5. The maximum absolute atomic E-state index is 12.0. The van der Waals surface area contributed by atoms with Crippen LogP contribution in [-0.2, 0) is 11.2 Å². The van der Waals surface area contributed by atoms with Crippen molar-refractivity contribution in [2.45, 2.75) is 6.42 Å². The van der Waals surface area contributed by atoms with Gasteiger partial charge in [-0.2, -0.15) is 0 Å². The van der Waals surface area contributed by atoms with Gasteiger partial charge in [0.15, 0.2) is 0 Å². The fraction of sp³-hybridized carbons (Fsp3) is 0.0714. The van der Waals surface area contributed by atoms with Crippen molar-refractivity contribution in [3.63, 3.8) is 0 Å². The molecule has 1 N–H and O–H groups in total. The number of pyridine rings is 1. The Bertz CT molecular complexity index is 820. The highest BCUT2D eigenvalue weighted by Crippen LogP contribution is 2.22. The number of carbonyl (C=O) groups excluding carboxylic acids is 1. The molecule has 0 bridgehead atoms. The molecule has 0 spiro atoms. The van der Waals surface area contributed by atoms with Gasteiger partial charge in [-0.15, -0.1) is 5.10 Å². The summed E-state index contributed by atoms with van der Waals surface area (Å²) >= 11 is 11.7. The van der Waals surface area contributed by atoms with Gasteiger partial charge in [0, 0.05) is 12.3 Å². The number of carbonyl (C=O) groups is 1. The number of rotatable bonds is 4. The lowest BCUT2D eigenvalue weighted by atomic mass is 10.1. The molecule has 0 fully saturated rings. The zero-order valence-corrected chi connectivity index (χ0v) is 13.2. The van der Waals surface area contributed by atoms with E-state index in [1.165, 1.54) is 23.3 Å². The van der Waals surface area contributed by atoms with Crippen LogP contribution in [0.3, 0.4) is 0 Å². The molecule has 7 nitrogen and oxygen atoms in total. The molecule has 1 aromatic carbocycles. The van der Waals surface area contributed by atoms with E-state index in [9.17, 15) is 4.79 Å². The molecule has 0 atom stereocenters. The van der Waals surface area contributed by atoms with Crippen LogP contribution < -0.4 is 5.32 Å². The first-order valence-electron chi connectivity index (χ1n) is 6.55. The number of amides is 1. The summed E-state index contributed by atoms with van der Waals surface area (Å²) in [6.07, 6.45) is 3.09. The first-order valence-corrected chi connectivity index (χ1v) is 7.30. The van der Waals surface area contributed by atoms with E-state index < -0.39 is 0 Å². The van der Waals surface area contributed by atoms with Gasteiger partial charge in [0.25, 0.3) is 0 Å². The SMILES string of the molecule is O=C(Cc1ccc(-n2cnnn2)cc1)Nc1cc(Cl)c(Cl)cn1. The molecule has 0 aliphatic heterocycles. The van der Waals surface area contributed by atoms with Crippen molar-refractivity contribution in [3.05, 3.63) is 58.5 Å². The van der Waals surface area contributed by atoms with Crippen LogP contribution in [0.25, 0.3) is 5.69 Å². The van der Waals surface area contributed by atoms with E-state index in [0.29, 0.717) is 15.9 Å². The van der Waals surface area contributed by atoms with Crippen LogP contribution in [0.2, 0.25) is 10.0 Å². The zero-order valence-electron chi connectivity index (χ0n) is 11.6. The number of nitrogens with zero attached hydrogens (tertiary/aromatic N) is 5. The van der Waals surface area contributed by atoms with Crippen molar-refractivity contribution in [2.75, 3.05) is 5.32 Å². The van der Waals surface area contributed by atoms with Crippen molar-refractivity contribution in [1.82, 2.24) is 25.2 Å². The van der Waals surface area contributed by atoms with E-state index in [1.54, 1.807) is 0 Å². The Hall–Kier alpha value is -2.51. The van der Waals surface area contributed by atoms with E-state index in [1.807, 2.05) is 24.3 Å². The van der Waals surface area contributed by atoms with E-state index in [-0.39, 0.29) is 12.3 Å². The summed E-state index contributed by atoms with van der Waals surface area (Å²) in [5.74, 6) is 0.153. The first-order chi connectivity index (χ1) is 11.1. The fourth-order valence-electron chi connectivity index (χ4n) is 1.90. The summed E-state index contributed by atoms with van der Waals surface area (Å²) in [4.78, 5) is 16.0. The highest BCUT2D eigenvalue weighted by Gasteiger charge is 2.07. The van der Waals surface area contributed by atoms with Crippen molar-refractivity contribution < 1.29 is 4.79 Å². The van der Waals surface area contributed by atoms with Gasteiger partial charge in [-0.3, -0.25) is 4.79 Å². The quantitative estimate of drug-likeness (QED) is 0.782. The summed E-state index contributed by atoms with van der Waals surface area (Å²) in [6.45, 7) is 0. The molecule has 0 saturated heterocycles. The maximum Gasteiger partial charge on any atom is 0.229 e. The molecule has 3 aromatic rings. The number of tetrazole rings is 1. The number of aromatic nitrogens is 5. The molecule has 2 heterocycles. The molecule has 0 unspecified atom stereocenters. The molecule has 9 heteroatoms. The highest BCUT2D eigenvalue weighted by molar-refractivity contribution is 6.42. The lowest BCUT2D eigenvalue weighted by molar-refractivity contribution is -0.115. The van der Waals surface area contributed by atoms with E-state index >= 15 is 0 Å². The van der Waals surface area contributed by atoms with Gasteiger partial charge in [0.1, 0.15) is 12.1 Å². The normalized spacial score (nSPS) is 10.5. The number of halogens is 2. The minimum Gasteiger partial charge on any atom is -0.310 e. The Kier molecular flexibility index (Phi) is 4.50. The van der Waals surface area contributed by atoms with Gasteiger partial charge >= 0.3 is 0 Å². The van der Waals surface area contributed by atoms with E-state index in [0.717, 1.165) is 11.3 Å². The summed E-state index contributed by atoms with van der Waals surface area (Å²) < 4.78 is 1.53. The van der Waals surface area contributed by atoms with Crippen LogP contribution in [0.15, 0.2) is 42.9 Å². The van der Waals surface area contributed by atoms with Gasteiger partial charge in [-0.25, -0.2) is 9.67 Å². The second-order valence-electron chi connectivity index (χ2n) is 4.63. The second-order valence-corrected chi connectivity index (χ2v) is 5.44. The molecular formula is C14H10Cl2N6O. The van der Waals surface area contributed by atoms with Gasteiger partial charge in [-0.05, 0) is 28.1 Å². The Morgan fingerprint density at radius 2 is 1.96 bits per heavy atom. The second kappa shape index (κ2) is 6.72. The van der Waals surface area contributed by atoms with Crippen LogP contribution in [0, 0.1) is 0 Å². The summed E-state index contributed by atoms with van der Waals surface area (Å²) in [7, 11) is 0. The molecule has 0 saturated carbocycles. The maximum atomic E-state index is 12.0. The minimum atomic E-state index is -0.203. The first kappa shape index (κ1) is 15.4. The van der Waals surface area contributed by atoms with Crippen LogP contribution in [0.1, 0.15) is 5.56 Å². The largest absolute Gasteiger partial charge is 0.310 e. The molecule has 1 amide bonds. The van der Waals surface area contributed by atoms with Crippen LogP contribution in [0.4, 0.5) is 5.82 Å². The third-order valence-electron chi connectivity index (χ3n) is 2.99. The van der Waals surface area contributed by atoms with E-state index in [2.05, 4.69) is 25.8 Å². The predicted molar refractivity (Wildman–Crippen MR) is 85.7 cm³/mol.